The molecule has 0 bridgehead atoms. The second-order valence-electron chi connectivity index (χ2n) is 10.3. The van der Waals surface area contributed by atoms with Gasteiger partial charge in [-0.1, -0.05) is 13.8 Å². The molecule has 4 saturated carbocycles. The van der Waals surface area contributed by atoms with Crippen molar-refractivity contribution in [1.82, 2.24) is 0 Å². The van der Waals surface area contributed by atoms with Crippen molar-refractivity contribution in [3.63, 3.8) is 0 Å². The largest absolute Gasteiger partial charge is 0.463 e. The van der Waals surface area contributed by atoms with Gasteiger partial charge in [0.25, 0.3) is 0 Å². The van der Waals surface area contributed by atoms with E-state index in [4.69, 9.17) is 9.47 Å². The Balaban J connectivity index is 1.57. The van der Waals surface area contributed by atoms with Crippen molar-refractivity contribution in [2.45, 2.75) is 91.3 Å². The molecule has 4 aliphatic carbocycles. The Morgan fingerprint density at radius 2 is 1.54 bits per heavy atom. The maximum Gasteiger partial charge on any atom is 0.302 e. The molecule has 0 saturated heterocycles. The van der Waals surface area contributed by atoms with E-state index in [2.05, 4.69) is 13.8 Å². The summed E-state index contributed by atoms with van der Waals surface area (Å²) < 4.78 is 11.2. The molecule has 28 heavy (non-hydrogen) atoms. The smallest absolute Gasteiger partial charge is 0.302 e. The zero-order valence-electron chi connectivity index (χ0n) is 17.7. The van der Waals surface area contributed by atoms with Gasteiger partial charge in [-0.15, -0.1) is 0 Å². The molecular formula is C23H34O5. The summed E-state index contributed by atoms with van der Waals surface area (Å²) in [7, 11) is 0. The standard InChI is InChI=1S/C23H34O5/c1-13(24)27-16-7-9-22(3)15(11-16)12-19(26)21-17-5-6-20(28-14(2)25)23(17,4)10-8-18(21)22/h15-18,20-21H,5-12H2,1-4H3/t15-,16+,17-,18-,20+,21-,22+,23-/m1/s1. The van der Waals surface area contributed by atoms with Crippen LogP contribution in [0.1, 0.15) is 79.1 Å². The van der Waals surface area contributed by atoms with E-state index in [0.29, 0.717) is 30.0 Å². The first-order chi connectivity index (χ1) is 13.1. The van der Waals surface area contributed by atoms with Crippen LogP contribution in [0, 0.1) is 34.5 Å². The first-order valence-corrected chi connectivity index (χ1v) is 11.0. The molecule has 0 spiro atoms. The van der Waals surface area contributed by atoms with E-state index in [9.17, 15) is 14.4 Å². The molecule has 0 radical (unpaired) electrons. The lowest BCUT2D eigenvalue weighted by atomic mass is 9.45. The molecule has 4 rings (SSSR count). The number of carbonyl (C=O) groups is 3. The van der Waals surface area contributed by atoms with Crippen LogP contribution in [0.25, 0.3) is 0 Å². The number of ketones is 1. The van der Waals surface area contributed by atoms with E-state index < -0.39 is 0 Å². The summed E-state index contributed by atoms with van der Waals surface area (Å²) in [6.45, 7) is 7.58. The number of ether oxygens (including phenoxy) is 2. The fraction of sp³-hybridized carbons (Fsp3) is 0.870. The molecule has 0 heterocycles. The quantitative estimate of drug-likeness (QED) is 0.665. The van der Waals surface area contributed by atoms with Gasteiger partial charge < -0.3 is 9.47 Å². The van der Waals surface area contributed by atoms with Crippen molar-refractivity contribution in [3.8, 4) is 0 Å². The zero-order valence-corrected chi connectivity index (χ0v) is 17.7. The second-order valence-corrected chi connectivity index (χ2v) is 10.3. The molecule has 0 N–H and O–H groups in total. The maximum atomic E-state index is 13.4. The normalized spacial score (nSPS) is 47.5. The molecule has 156 valence electrons. The molecular weight excluding hydrogens is 356 g/mol. The Morgan fingerprint density at radius 1 is 0.893 bits per heavy atom. The van der Waals surface area contributed by atoms with Gasteiger partial charge in [0, 0.05) is 31.6 Å². The second kappa shape index (κ2) is 6.84. The number of hydrogen-bond donors (Lipinski definition) is 0. The highest BCUT2D eigenvalue weighted by molar-refractivity contribution is 5.83. The van der Waals surface area contributed by atoms with Gasteiger partial charge in [-0.05, 0) is 68.1 Å². The van der Waals surface area contributed by atoms with Gasteiger partial charge in [0.1, 0.15) is 18.0 Å². The zero-order chi connectivity index (χ0) is 20.3. The fourth-order valence-electron chi connectivity index (χ4n) is 7.58. The molecule has 0 aliphatic heterocycles. The van der Waals surface area contributed by atoms with E-state index >= 15 is 0 Å². The average molecular weight is 391 g/mol. The average Bonchev–Trinajstić information content (AvgIpc) is 2.92. The van der Waals surface area contributed by atoms with Gasteiger partial charge in [0.05, 0.1) is 0 Å². The lowest BCUT2D eigenvalue weighted by molar-refractivity contribution is -0.173. The molecule has 0 aromatic heterocycles. The monoisotopic (exact) mass is 390 g/mol. The van der Waals surface area contributed by atoms with Crippen LogP contribution >= 0.6 is 0 Å². The van der Waals surface area contributed by atoms with Crippen LogP contribution in [0.3, 0.4) is 0 Å². The number of Topliss-reactive ketones (excluding diaryl/α,β-unsaturated/α-hetero) is 1. The van der Waals surface area contributed by atoms with Crippen LogP contribution in [-0.4, -0.2) is 29.9 Å². The summed E-state index contributed by atoms with van der Waals surface area (Å²) in [6.07, 6.45) is 7.21. The van der Waals surface area contributed by atoms with E-state index in [1.807, 2.05) is 0 Å². The van der Waals surface area contributed by atoms with Crippen LogP contribution in [0.2, 0.25) is 0 Å². The third-order valence-electron chi connectivity index (χ3n) is 8.98. The van der Waals surface area contributed by atoms with E-state index in [1.54, 1.807) is 0 Å². The highest BCUT2D eigenvalue weighted by Gasteiger charge is 2.63. The van der Waals surface area contributed by atoms with Crippen molar-refractivity contribution >= 4 is 17.7 Å². The summed E-state index contributed by atoms with van der Waals surface area (Å²) in [5, 5.41) is 0. The number of rotatable bonds is 2. The minimum absolute atomic E-state index is 0.0337. The predicted molar refractivity (Wildman–Crippen MR) is 103 cm³/mol. The first-order valence-electron chi connectivity index (χ1n) is 11.0. The molecule has 8 atom stereocenters. The Bertz CT molecular complexity index is 686. The van der Waals surface area contributed by atoms with Crippen LogP contribution in [0.4, 0.5) is 0 Å². The number of esters is 2. The Morgan fingerprint density at radius 3 is 2.21 bits per heavy atom. The predicted octanol–water partition coefficient (Wildman–Crippen LogP) is 4.07. The third kappa shape index (κ3) is 3.00. The van der Waals surface area contributed by atoms with Crippen molar-refractivity contribution in [2.24, 2.45) is 34.5 Å². The Hall–Kier alpha value is -1.39. The van der Waals surface area contributed by atoms with Crippen LogP contribution in [-0.2, 0) is 23.9 Å². The SMILES string of the molecule is CC(=O)O[C@H]1CC[C@@]2(C)[C@@H](CC(=O)[C@H]3[C@H]2CC[C@@]2(C)[C@@H](OC(C)=O)CC[C@H]32)C1. The molecule has 4 aliphatic rings. The van der Waals surface area contributed by atoms with E-state index in [-0.39, 0.29) is 40.9 Å². The molecule has 0 aromatic rings. The van der Waals surface area contributed by atoms with Crippen molar-refractivity contribution in [1.29, 1.82) is 0 Å². The Kier molecular flexibility index (Phi) is 4.86. The maximum absolute atomic E-state index is 13.4. The van der Waals surface area contributed by atoms with Gasteiger partial charge in [0.15, 0.2) is 0 Å². The molecule has 0 amide bonds. The van der Waals surface area contributed by atoms with Gasteiger partial charge in [-0.2, -0.15) is 0 Å². The molecule has 0 aromatic carbocycles. The first kappa shape index (κ1) is 19.9. The van der Waals surface area contributed by atoms with Crippen molar-refractivity contribution in [2.75, 3.05) is 0 Å². The summed E-state index contributed by atoms with van der Waals surface area (Å²) in [5.74, 6) is 1.12. The van der Waals surface area contributed by atoms with Gasteiger partial charge in [-0.25, -0.2) is 0 Å². The molecule has 0 unspecified atom stereocenters. The summed E-state index contributed by atoms with van der Waals surface area (Å²) in [6, 6.07) is 0. The molecule has 4 fully saturated rings. The van der Waals surface area contributed by atoms with Gasteiger partial charge in [0.2, 0.25) is 0 Å². The van der Waals surface area contributed by atoms with Gasteiger partial charge in [-0.3, -0.25) is 14.4 Å². The summed E-state index contributed by atoms with van der Waals surface area (Å²) in [4.78, 5) is 36.3. The van der Waals surface area contributed by atoms with E-state index in [0.717, 1.165) is 44.9 Å². The van der Waals surface area contributed by atoms with Crippen molar-refractivity contribution < 1.29 is 23.9 Å². The lowest BCUT2D eigenvalue weighted by Crippen LogP contribution is -2.58. The van der Waals surface area contributed by atoms with Crippen LogP contribution in [0.15, 0.2) is 0 Å². The van der Waals surface area contributed by atoms with Crippen LogP contribution < -0.4 is 0 Å². The minimum Gasteiger partial charge on any atom is -0.463 e. The number of hydrogen-bond acceptors (Lipinski definition) is 5. The van der Waals surface area contributed by atoms with Gasteiger partial charge >= 0.3 is 11.9 Å². The Labute approximate surface area is 167 Å². The number of fused-ring (bicyclic) bond motifs is 5. The highest BCUT2D eigenvalue weighted by atomic mass is 16.5. The minimum atomic E-state index is -0.218. The molecule has 5 nitrogen and oxygen atoms in total. The highest BCUT2D eigenvalue weighted by Crippen LogP contribution is 2.65. The summed E-state index contributed by atoms with van der Waals surface area (Å²) >= 11 is 0. The molecule has 5 heteroatoms. The topological polar surface area (TPSA) is 69.7 Å². The van der Waals surface area contributed by atoms with Crippen molar-refractivity contribution in [3.05, 3.63) is 0 Å². The van der Waals surface area contributed by atoms with Crippen LogP contribution in [0.5, 0.6) is 0 Å². The summed E-state index contributed by atoms with van der Waals surface area (Å²) in [5.41, 5.74) is 0.0801. The number of carbonyl (C=O) groups excluding carboxylic acids is 3. The fourth-order valence-corrected chi connectivity index (χ4v) is 7.58. The lowest BCUT2D eigenvalue weighted by Gasteiger charge is -2.59. The van der Waals surface area contributed by atoms with E-state index in [1.165, 1.54) is 13.8 Å². The third-order valence-corrected chi connectivity index (χ3v) is 8.98.